The number of nitrogens with zero attached hydrogens (tertiary/aromatic N) is 1. The van der Waals surface area contributed by atoms with Gasteiger partial charge in [0, 0.05) is 11.9 Å². The molecule has 2 aliphatic heterocycles. The smallest absolute Gasteiger partial charge is 0.427 e. The van der Waals surface area contributed by atoms with E-state index >= 15 is 0 Å². The first-order chi connectivity index (χ1) is 9.81. The van der Waals surface area contributed by atoms with Crippen LogP contribution in [0, 0.1) is 0 Å². The summed E-state index contributed by atoms with van der Waals surface area (Å²) in [6, 6.07) is 2.35. The molecule has 0 atom stereocenters. The van der Waals surface area contributed by atoms with Crippen molar-refractivity contribution in [3.05, 3.63) is 36.0 Å². The van der Waals surface area contributed by atoms with Gasteiger partial charge in [0.25, 0.3) is 0 Å². The third kappa shape index (κ3) is 2.05. The van der Waals surface area contributed by atoms with Gasteiger partial charge < -0.3 is 15.5 Å². The van der Waals surface area contributed by atoms with Crippen LogP contribution >= 0.6 is 0 Å². The van der Waals surface area contributed by atoms with Gasteiger partial charge in [-0.05, 0) is 24.3 Å². The maximum absolute atomic E-state index is 13.5. The fourth-order valence-electron chi connectivity index (χ4n) is 1.99. The van der Waals surface area contributed by atoms with Crippen LogP contribution in [0.25, 0.3) is 0 Å². The van der Waals surface area contributed by atoms with Gasteiger partial charge in [0.1, 0.15) is 5.75 Å². The van der Waals surface area contributed by atoms with Crippen LogP contribution in [0.1, 0.15) is 5.56 Å². The van der Waals surface area contributed by atoms with Gasteiger partial charge in [0.15, 0.2) is 0 Å². The zero-order chi connectivity index (χ0) is 15.3. The first-order valence-corrected chi connectivity index (χ1v) is 5.90. The molecule has 2 amide bonds. The van der Waals surface area contributed by atoms with Crippen LogP contribution in [-0.4, -0.2) is 23.7 Å². The van der Waals surface area contributed by atoms with Crippen molar-refractivity contribution < 1.29 is 27.1 Å². The molecule has 0 spiro atoms. The molecule has 2 heterocycles. The van der Waals surface area contributed by atoms with Gasteiger partial charge in [0.2, 0.25) is 0 Å². The molecule has 112 valence electrons. The van der Waals surface area contributed by atoms with E-state index in [0.717, 1.165) is 12.1 Å². The molecule has 0 saturated heterocycles. The molecule has 2 N–H and O–H groups in total. The van der Waals surface area contributed by atoms with E-state index in [9.17, 15) is 22.4 Å². The van der Waals surface area contributed by atoms with Gasteiger partial charge in [-0.1, -0.05) is 0 Å². The van der Waals surface area contributed by atoms with Crippen molar-refractivity contribution in [1.82, 2.24) is 10.4 Å². The average Bonchev–Trinajstić information content (AvgIpc) is 2.98. The third-order valence-electron chi connectivity index (χ3n) is 3.05. The minimum Gasteiger partial charge on any atom is -0.427 e. The number of hydrogen-bond donors (Lipinski definition) is 2. The van der Waals surface area contributed by atoms with Gasteiger partial charge in [-0.25, -0.2) is 9.80 Å². The summed E-state index contributed by atoms with van der Waals surface area (Å²) < 4.78 is 57.1. The Hall–Kier alpha value is -2.45. The fourth-order valence-corrected chi connectivity index (χ4v) is 1.99. The number of fused-ring (bicyclic) bond motifs is 1. The quantitative estimate of drug-likeness (QED) is 0.784. The number of amides is 2. The SMILES string of the molecule is O=C(Nc1ccc2c(c1)C(F)(F)C(F)(F)O2)N1CC=CN1. The monoisotopic (exact) mass is 303 g/mol. The Balaban J connectivity index is 1.83. The molecule has 1 aromatic rings. The third-order valence-corrected chi connectivity index (χ3v) is 3.05. The summed E-state index contributed by atoms with van der Waals surface area (Å²) in [5.74, 6) is -5.06. The van der Waals surface area contributed by atoms with E-state index in [-0.39, 0.29) is 5.69 Å². The molecule has 0 unspecified atom stereocenters. The van der Waals surface area contributed by atoms with Crippen LogP contribution in [0.15, 0.2) is 30.5 Å². The second kappa shape index (κ2) is 4.27. The van der Waals surface area contributed by atoms with E-state index < -0.39 is 29.4 Å². The summed E-state index contributed by atoms with van der Waals surface area (Å²) >= 11 is 0. The maximum atomic E-state index is 13.5. The summed E-state index contributed by atoms with van der Waals surface area (Å²) in [6.07, 6.45) is -1.39. The first-order valence-electron chi connectivity index (χ1n) is 5.90. The largest absolute Gasteiger partial charge is 0.469 e. The number of alkyl halides is 4. The van der Waals surface area contributed by atoms with E-state index in [2.05, 4.69) is 15.5 Å². The maximum Gasteiger partial charge on any atom is 0.469 e. The van der Waals surface area contributed by atoms with E-state index in [4.69, 9.17) is 0 Å². The zero-order valence-electron chi connectivity index (χ0n) is 10.4. The summed E-state index contributed by atoms with van der Waals surface area (Å²) in [4.78, 5) is 11.7. The lowest BCUT2D eigenvalue weighted by atomic mass is 10.1. The van der Waals surface area contributed by atoms with Gasteiger partial charge in [0.05, 0.1) is 12.1 Å². The van der Waals surface area contributed by atoms with Gasteiger partial charge in [-0.2, -0.15) is 17.6 Å². The minimum atomic E-state index is -4.60. The molecule has 0 aromatic heterocycles. The van der Waals surface area contributed by atoms with Crippen LogP contribution in [0.5, 0.6) is 5.75 Å². The predicted octanol–water partition coefficient (Wildman–Crippen LogP) is 2.63. The summed E-state index contributed by atoms with van der Waals surface area (Å²) in [5, 5.41) is 3.51. The summed E-state index contributed by atoms with van der Waals surface area (Å²) in [5.41, 5.74) is 1.61. The Morgan fingerprint density at radius 3 is 2.76 bits per heavy atom. The number of urea groups is 1. The number of nitrogens with one attached hydrogen (secondary N) is 2. The lowest BCUT2D eigenvalue weighted by Gasteiger charge is -2.18. The molecule has 0 bridgehead atoms. The molecular formula is C12H9F4N3O2. The lowest BCUT2D eigenvalue weighted by Crippen LogP contribution is -2.39. The molecule has 0 aliphatic carbocycles. The molecule has 3 rings (SSSR count). The number of anilines is 1. The standard InChI is InChI=1S/C12H9F4N3O2/c13-11(14)8-6-7(2-3-9(8)21-12(11,15)16)18-10(20)19-5-1-4-17-19/h1-4,6,17H,5H2,(H,18,20). The predicted molar refractivity (Wildman–Crippen MR) is 63.9 cm³/mol. The highest BCUT2D eigenvalue weighted by molar-refractivity contribution is 5.89. The van der Waals surface area contributed by atoms with E-state index in [1.54, 1.807) is 6.08 Å². The van der Waals surface area contributed by atoms with Crippen LogP contribution < -0.4 is 15.5 Å². The second-order valence-corrected chi connectivity index (χ2v) is 4.48. The van der Waals surface area contributed by atoms with Crippen molar-refractivity contribution in [1.29, 1.82) is 0 Å². The Kier molecular flexibility index (Phi) is 2.75. The number of ether oxygens (including phenoxy) is 1. The van der Waals surface area contributed by atoms with Crippen LogP contribution in [0.4, 0.5) is 28.0 Å². The summed E-state index contributed by atoms with van der Waals surface area (Å²) in [6.45, 7) is 0.300. The summed E-state index contributed by atoms with van der Waals surface area (Å²) in [7, 11) is 0. The van der Waals surface area contributed by atoms with Crippen LogP contribution in [0.2, 0.25) is 0 Å². The Bertz CT molecular complexity index is 625. The molecule has 1 aromatic carbocycles. The Labute approximate surface area is 116 Å². The number of halogens is 4. The minimum absolute atomic E-state index is 0.0339. The molecule has 9 heteroatoms. The number of benzene rings is 1. The first kappa shape index (κ1) is 13.5. The van der Waals surface area contributed by atoms with Crippen molar-refractivity contribution in [2.75, 3.05) is 11.9 Å². The fraction of sp³-hybridized carbons (Fsp3) is 0.250. The van der Waals surface area contributed by atoms with E-state index in [0.29, 0.717) is 6.54 Å². The zero-order valence-corrected chi connectivity index (χ0v) is 10.4. The van der Waals surface area contributed by atoms with Crippen molar-refractivity contribution in [3.63, 3.8) is 0 Å². The van der Waals surface area contributed by atoms with Crippen molar-refractivity contribution in [2.24, 2.45) is 0 Å². The number of hydrogen-bond acceptors (Lipinski definition) is 3. The van der Waals surface area contributed by atoms with Crippen molar-refractivity contribution in [2.45, 2.75) is 12.0 Å². The number of carbonyl (C=O) groups excluding carboxylic acids is 1. The Morgan fingerprint density at radius 1 is 1.33 bits per heavy atom. The molecule has 21 heavy (non-hydrogen) atoms. The van der Waals surface area contributed by atoms with Gasteiger partial charge in [-0.15, -0.1) is 0 Å². The Morgan fingerprint density at radius 2 is 2.10 bits per heavy atom. The normalized spacial score (nSPS) is 20.7. The molecule has 0 saturated carbocycles. The molecule has 2 aliphatic rings. The number of rotatable bonds is 1. The topological polar surface area (TPSA) is 53.6 Å². The van der Waals surface area contributed by atoms with Crippen LogP contribution in [0.3, 0.4) is 0 Å². The van der Waals surface area contributed by atoms with Gasteiger partial charge in [-0.3, -0.25) is 0 Å². The lowest BCUT2D eigenvalue weighted by molar-refractivity contribution is -0.296. The van der Waals surface area contributed by atoms with E-state index in [1.165, 1.54) is 17.3 Å². The van der Waals surface area contributed by atoms with E-state index in [1.807, 2.05) is 0 Å². The number of carbonyl (C=O) groups is 1. The molecular weight excluding hydrogens is 294 g/mol. The molecule has 0 radical (unpaired) electrons. The highest BCUT2D eigenvalue weighted by Gasteiger charge is 2.66. The van der Waals surface area contributed by atoms with Crippen molar-refractivity contribution in [3.8, 4) is 5.75 Å². The van der Waals surface area contributed by atoms with Gasteiger partial charge >= 0.3 is 18.1 Å². The number of hydrazine groups is 1. The van der Waals surface area contributed by atoms with Crippen molar-refractivity contribution >= 4 is 11.7 Å². The average molecular weight is 303 g/mol. The highest BCUT2D eigenvalue weighted by atomic mass is 19.3. The van der Waals surface area contributed by atoms with Crippen LogP contribution in [-0.2, 0) is 5.92 Å². The molecule has 0 fully saturated rings. The second-order valence-electron chi connectivity index (χ2n) is 4.48. The highest BCUT2D eigenvalue weighted by Crippen LogP contribution is 2.53. The molecule has 5 nitrogen and oxygen atoms in total.